The minimum absolute atomic E-state index is 0.0419. The fourth-order valence-electron chi connectivity index (χ4n) is 2.63. The molecule has 0 saturated heterocycles. The van der Waals surface area contributed by atoms with Gasteiger partial charge in [-0.25, -0.2) is 8.42 Å². The van der Waals surface area contributed by atoms with Gasteiger partial charge < -0.3 is 4.74 Å². The molecule has 0 N–H and O–H groups in total. The fraction of sp³-hybridized carbons (Fsp3) is 0.200. The molecular weight excluding hydrogens is 380 g/mol. The van der Waals surface area contributed by atoms with Gasteiger partial charge in [0.1, 0.15) is 0 Å². The molecule has 0 aromatic heterocycles. The molecule has 2 aromatic carbocycles. The highest BCUT2D eigenvalue weighted by atomic mass is 32.2. The van der Waals surface area contributed by atoms with E-state index in [0.717, 1.165) is 15.9 Å². The Morgan fingerprint density at radius 3 is 2.36 bits per heavy atom. The number of nitro benzene ring substituents is 1. The topological polar surface area (TPSA) is 89.8 Å². The first-order valence-corrected chi connectivity index (χ1v) is 9.96. The second-order valence-electron chi connectivity index (χ2n) is 5.89. The quantitative estimate of drug-likeness (QED) is 0.326. The predicted octanol–water partition coefficient (Wildman–Crippen LogP) is 3.54. The molecule has 0 fully saturated rings. The molecule has 2 rings (SSSR count). The van der Waals surface area contributed by atoms with E-state index >= 15 is 0 Å². The Morgan fingerprint density at radius 2 is 1.75 bits per heavy atom. The van der Waals surface area contributed by atoms with Gasteiger partial charge in [0.05, 0.1) is 24.2 Å². The van der Waals surface area contributed by atoms with Gasteiger partial charge in [0.2, 0.25) is 0 Å². The maximum absolute atomic E-state index is 13.2. The van der Waals surface area contributed by atoms with Crippen LogP contribution in [0.3, 0.4) is 0 Å². The van der Waals surface area contributed by atoms with Crippen LogP contribution in [0.1, 0.15) is 5.56 Å². The molecule has 1 atom stereocenters. The summed E-state index contributed by atoms with van der Waals surface area (Å²) in [6.07, 6.45) is 2.86. The van der Waals surface area contributed by atoms with E-state index in [1.807, 2.05) is 30.3 Å². The van der Waals surface area contributed by atoms with Crippen molar-refractivity contribution < 1.29 is 18.1 Å². The van der Waals surface area contributed by atoms with Crippen LogP contribution in [-0.2, 0) is 21.4 Å². The van der Waals surface area contributed by atoms with Crippen LogP contribution in [0.4, 0.5) is 5.69 Å². The summed E-state index contributed by atoms with van der Waals surface area (Å²) in [6, 6.07) is 14.0. The van der Waals surface area contributed by atoms with Gasteiger partial charge in [-0.05, 0) is 11.6 Å². The van der Waals surface area contributed by atoms with Crippen molar-refractivity contribution in [3.8, 4) is 0 Å². The monoisotopic (exact) mass is 402 g/mol. The van der Waals surface area contributed by atoms with Crippen molar-refractivity contribution in [1.82, 2.24) is 4.31 Å². The molecular formula is C20H22N2O5S. The fourth-order valence-corrected chi connectivity index (χ4v) is 4.35. The number of ether oxygens (including phenoxy) is 1. The van der Waals surface area contributed by atoms with E-state index in [1.54, 1.807) is 0 Å². The molecule has 28 heavy (non-hydrogen) atoms. The largest absolute Gasteiger partial charge is 0.375 e. The number of hydrogen-bond donors (Lipinski definition) is 0. The Bertz CT molecular complexity index is 929. The molecule has 7 nitrogen and oxygen atoms in total. The molecule has 0 amide bonds. The van der Waals surface area contributed by atoms with Gasteiger partial charge in [-0.2, -0.15) is 4.31 Å². The van der Waals surface area contributed by atoms with E-state index in [0.29, 0.717) is 6.61 Å². The van der Waals surface area contributed by atoms with Crippen molar-refractivity contribution in [3.63, 3.8) is 0 Å². The van der Waals surface area contributed by atoms with Gasteiger partial charge in [0.25, 0.3) is 15.7 Å². The highest BCUT2D eigenvalue weighted by molar-refractivity contribution is 7.89. The van der Waals surface area contributed by atoms with Crippen LogP contribution in [-0.4, -0.2) is 36.8 Å². The SMILES string of the molecule is C=CCN([C@@H](C=C)COCc1ccccc1)S(=O)(=O)c1ccccc1[N+](=O)[O-]. The first-order chi connectivity index (χ1) is 13.4. The molecule has 2 aromatic rings. The smallest absolute Gasteiger partial charge is 0.289 e. The van der Waals surface area contributed by atoms with Crippen LogP contribution in [0.15, 0.2) is 84.8 Å². The number of rotatable bonds is 11. The highest BCUT2D eigenvalue weighted by Crippen LogP contribution is 2.27. The van der Waals surface area contributed by atoms with E-state index in [9.17, 15) is 18.5 Å². The molecule has 8 heteroatoms. The number of nitrogens with zero attached hydrogens (tertiary/aromatic N) is 2. The number of para-hydroxylation sites is 1. The van der Waals surface area contributed by atoms with Crippen molar-refractivity contribution >= 4 is 15.7 Å². The summed E-state index contributed by atoms with van der Waals surface area (Å²) in [4.78, 5) is 10.2. The van der Waals surface area contributed by atoms with Crippen LogP contribution in [0.25, 0.3) is 0 Å². The summed E-state index contributed by atoms with van der Waals surface area (Å²) in [5.74, 6) is 0. The number of sulfonamides is 1. The predicted molar refractivity (Wildman–Crippen MR) is 107 cm³/mol. The standard InChI is InChI=1S/C20H22N2O5S/c1-3-14-21(18(4-2)16-27-15-17-10-6-5-7-11-17)28(25,26)20-13-9-8-12-19(20)22(23)24/h3-13,18H,1-2,14-16H2/t18-/m0/s1. The Morgan fingerprint density at radius 1 is 1.11 bits per heavy atom. The van der Waals surface area contributed by atoms with Crippen molar-refractivity contribution in [3.05, 3.63) is 95.6 Å². The number of hydrogen-bond acceptors (Lipinski definition) is 5. The van der Waals surface area contributed by atoms with Crippen molar-refractivity contribution in [2.45, 2.75) is 17.5 Å². The summed E-state index contributed by atoms with van der Waals surface area (Å²) in [5.41, 5.74) is 0.465. The van der Waals surface area contributed by atoms with Gasteiger partial charge >= 0.3 is 0 Å². The molecule has 0 aliphatic heterocycles. The van der Waals surface area contributed by atoms with Crippen LogP contribution in [0.5, 0.6) is 0 Å². The molecule has 148 valence electrons. The average molecular weight is 402 g/mol. The van der Waals surface area contributed by atoms with Crippen LogP contribution < -0.4 is 0 Å². The van der Waals surface area contributed by atoms with Crippen LogP contribution in [0.2, 0.25) is 0 Å². The van der Waals surface area contributed by atoms with Gasteiger partial charge in [-0.3, -0.25) is 10.1 Å². The minimum atomic E-state index is -4.18. The Labute approximate surface area is 164 Å². The summed E-state index contributed by atoms with van der Waals surface area (Å²) >= 11 is 0. The maximum Gasteiger partial charge on any atom is 0.289 e. The van der Waals surface area contributed by atoms with E-state index in [4.69, 9.17) is 4.74 Å². The normalized spacial score (nSPS) is 12.5. The first-order valence-electron chi connectivity index (χ1n) is 8.52. The second kappa shape index (κ2) is 9.93. The lowest BCUT2D eigenvalue weighted by atomic mass is 10.2. The highest BCUT2D eigenvalue weighted by Gasteiger charge is 2.34. The lowest BCUT2D eigenvalue weighted by Gasteiger charge is -2.27. The van der Waals surface area contributed by atoms with Gasteiger partial charge in [-0.1, -0.05) is 54.6 Å². The van der Waals surface area contributed by atoms with Gasteiger partial charge in [-0.15, -0.1) is 13.2 Å². The lowest BCUT2D eigenvalue weighted by Crippen LogP contribution is -2.42. The Hall–Kier alpha value is -2.81. The van der Waals surface area contributed by atoms with Gasteiger partial charge in [0.15, 0.2) is 4.90 Å². The molecule has 0 bridgehead atoms. The number of nitro groups is 1. The zero-order valence-corrected chi connectivity index (χ0v) is 16.1. The summed E-state index contributed by atoms with van der Waals surface area (Å²) in [6.45, 7) is 7.60. The van der Waals surface area contributed by atoms with Gasteiger partial charge in [0, 0.05) is 12.6 Å². The molecule has 0 radical (unpaired) electrons. The van der Waals surface area contributed by atoms with Crippen LogP contribution >= 0.6 is 0 Å². The molecule has 0 heterocycles. The van der Waals surface area contributed by atoms with Crippen molar-refractivity contribution in [1.29, 1.82) is 0 Å². The van der Waals surface area contributed by atoms with E-state index in [1.165, 1.54) is 30.4 Å². The van der Waals surface area contributed by atoms with E-state index in [-0.39, 0.29) is 18.0 Å². The molecule has 0 aliphatic rings. The zero-order chi connectivity index (χ0) is 20.6. The van der Waals surface area contributed by atoms with Crippen molar-refractivity contribution in [2.75, 3.05) is 13.2 Å². The van der Waals surface area contributed by atoms with E-state index in [2.05, 4.69) is 13.2 Å². The molecule has 0 saturated carbocycles. The van der Waals surface area contributed by atoms with Crippen LogP contribution in [0, 0.1) is 10.1 Å². The van der Waals surface area contributed by atoms with Crippen molar-refractivity contribution in [2.24, 2.45) is 0 Å². The molecule has 0 aliphatic carbocycles. The summed E-state index contributed by atoms with van der Waals surface area (Å²) < 4.78 is 33.1. The molecule has 0 unspecified atom stereocenters. The summed E-state index contributed by atoms with van der Waals surface area (Å²) in [7, 11) is -4.18. The lowest BCUT2D eigenvalue weighted by molar-refractivity contribution is -0.387. The van der Waals surface area contributed by atoms with E-state index < -0.39 is 26.7 Å². The number of benzene rings is 2. The maximum atomic E-state index is 13.2. The first kappa shape index (κ1) is 21.5. The third-order valence-electron chi connectivity index (χ3n) is 4.00. The third-order valence-corrected chi connectivity index (χ3v) is 5.94. The zero-order valence-electron chi connectivity index (χ0n) is 15.3. The Kier molecular flexibility index (Phi) is 7.62. The summed E-state index contributed by atoms with van der Waals surface area (Å²) in [5, 5.41) is 11.3. The molecule has 0 spiro atoms. The minimum Gasteiger partial charge on any atom is -0.375 e. The third kappa shape index (κ3) is 5.13. The Balaban J connectivity index is 2.27. The average Bonchev–Trinajstić information content (AvgIpc) is 2.70. The second-order valence-corrected chi connectivity index (χ2v) is 7.75.